The van der Waals surface area contributed by atoms with Crippen molar-refractivity contribution >= 4 is 11.8 Å². The van der Waals surface area contributed by atoms with Crippen molar-refractivity contribution in [1.82, 2.24) is 10.2 Å². The molecule has 0 aromatic carbocycles. The Kier molecular flexibility index (Phi) is 3.64. The van der Waals surface area contributed by atoms with Crippen LogP contribution in [-0.2, 0) is 9.59 Å². The summed E-state index contributed by atoms with van der Waals surface area (Å²) in [5.74, 6) is 0.880. The van der Waals surface area contributed by atoms with Crippen molar-refractivity contribution in [2.24, 2.45) is 11.8 Å². The van der Waals surface area contributed by atoms with E-state index in [2.05, 4.69) is 12.2 Å². The summed E-state index contributed by atoms with van der Waals surface area (Å²) in [7, 11) is 0. The molecular weight excluding hydrogens is 228 g/mol. The second-order valence-corrected chi connectivity index (χ2v) is 5.98. The SMILES string of the molecule is CCC1NC(=O)C(C(C)C)N(C(C)C2CC2)C1=O. The fraction of sp³-hybridized carbons (Fsp3) is 0.857. The van der Waals surface area contributed by atoms with Crippen molar-refractivity contribution < 1.29 is 9.59 Å². The highest BCUT2D eigenvalue weighted by atomic mass is 16.2. The van der Waals surface area contributed by atoms with E-state index in [9.17, 15) is 9.59 Å². The average molecular weight is 252 g/mol. The van der Waals surface area contributed by atoms with Crippen molar-refractivity contribution in [3.8, 4) is 0 Å². The average Bonchev–Trinajstić information content (AvgIpc) is 3.13. The second kappa shape index (κ2) is 4.90. The third-order valence-corrected chi connectivity index (χ3v) is 4.22. The Balaban J connectivity index is 2.26. The molecule has 1 saturated carbocycles. The lowest BCUT2D eigenvalue weighted by molar-refractivity contribution is -0.154. The normalized spacial score (nSPS) is 30.6. The molecule has 0 aromatic heterocycles. The summed E-state index contributed by atoms with van der Waals surface area (Å²) in [6.07, 6.45) is 3.05. The van der Waals surface area contributed by atoms with Gasteiger partial charge in [0, 0.05) is 6.04 Å². The summed E-state index contributed by atoms with van der Waals surface area (Å²) in [5.41, 5.74) is 0. The fourth-order valence-corrected chi connectivity index (χ4v) is 2.92. The number of nitrogens with one attached hydrogen (secondary N) is 1. The van der Waals surface area contributed by atoms with Crippen molar-refractivity contribution in [1.29, 1.82) is 0 Å². The van der Waals surface area contributed by atoms with E-state index in [4.69, 9.17) is 0 Å². The predicted octanol–water partition coefficient (Wildman–Crippen LogP) is 1.55. The van der Waals surface area contributed by atoms with Crippen LogP contribution in [0.2, 0.25) is 0 Å². The minimum absolute atomic E-state index is 0.0175. The maximum absolute atomic E-state index is 12.5. The first-order chi connectivity index (χ1) is 8.47. The third-order valence-electron chi connectivity index (χ3n) is 4.22. The van der Waals surface area contributed by atoms with Crippen LogP contribution in [0.5, 0.6) is 0 Å². The molecular formula is C14H24N2O2. The summed E-state index contributed by atoms with van der Waals surface area (Å²) < 4.78 is 0. The Bertz CT molecular complexity index is 350. The van der Waals surface area contributed by atoms with Gasteiger partial charge in [0.25, 0.3) is 0 Å². The van der Waals surface area contributed by atoms with Crippen LogP contribution in [0.25, 0.3) is 0 Å². The van der Waals surface area contributed by atoms with Gasteiger partial charge >= 0.3 is 0 Å². The van der Waals surface area contributed by atoms with E-state index < -0.39 is 0 Å². The number of rotatable bonds is 4. The van der Waals surface area contributed by atoms with Gasteiger partial charge in [-0.25, -0.2) is 0 Å². The molecule has 1 saturated heterocycles. The molecule has 0 bridgehead atoms. The summed E-state index contributed by atoms with van der Waals surface area (Å²) in [6.45, 7) is 8.06. The number of piperazine rings is 1. The lowest BCUT2D eigenvalue weighted by Crippen LogP contribution is -2.66. The third kappa shape index (κ3) is 2.25. The summed E-state index contributed by atoms with van der Waals surface area (Å²) in [4.78, 5) is 26.6. The molecule has 1 aliphatic carbocycles. The highest BCUT2D eigenvalue weighted by Gasteiger charge is 2.46. The zero-order chi connectivity index (χ0) is 13.4. The number of hydrogen-bond donors (Lipinski definition) is 1. The van der Waals surface area contributed by atoms with Gasteiger partial charge < -0.3 is 10.2 Å². The lowest BCUT2D eigenvalue weighted by Gasteiger charge is -2.44. The van der Waals surface area contributed by atoms with Crippen LogP contribution in [0.1, 0.15) is 47.0 Å². The molecule has 2 amide bonds. The van der Waals surface area contributed by atoms with Crippen LogP contribution in [0.3, 0.4) is 0 Å². The Morgan fingerprint density at radius 1 is 1.28 bits per heavy atom. The Hall–Kier alpha value is -1.06. The van der Waals surface area contributed by atoms with Crippen LogP contribution >= 0.6 is 0 Å². The number of amides is 2. The molecule has 1 heterocycles. The molecule has 0 radical (unpaired) electrons. The second-order valence-electron chi connectivity index (χ2n) is 5.98. The first-order valence-corrected chi connectivity index (χ1v) is 7.09. The van der Waals surface area contributed by atoms with Gasteiger partial charge in [-0.2, -0.15) is 0 Å². The summed E-state index contributed by atoms with van der Waals surface area (Å²) in [6, 6.07) is -0.422. The molecule has 3 atom stereocenters. The van der Waals surface area contributed by atoms with Crippen molar-refractivity contribution in [3.63, 3.8) is 0 Å². The van der Waals surface area contributed by atoms with Crippen LogP contribution < -0.4 is 5.32 Å². The van der Waals surface area contributed by atoms with Crippen LogP contribution in [0.4, 0.5) is 0 Å². The Morgan fingerprint density at radius 2 is 1.89 bits per heavy atom. The maximum atomic E-state index is 12.5. The van der Waals surface area contributed by atoms with E-state index in [1.54, 1.807) is 0 Å². The fourth-order valence-electron chi connectivity index (χ4n) is 2.92. The minimum atomic E-state index is -0.325. The van der Waals surface area contributed by atoms with Gasteiger partial charge in [-0.15, -0.1) is 0 Å². The molecule has 102 valence electrons. The van der Waals surface area contributed by atoms with Crippen molar-refractivity contribution in [2.75, 3.05) is 0 Å². The van der Waals surface area contributed by atoms with E-state index >= 15 is 0 Å². The molecule has 18 heavy (non-hydrogen) atoms. The van der Waals surface area contributed by atoms with E-state index in [0.717, 1.165) is 0 Å². The van der Waals surface area contributed by atoms with E-state index in [0.29, 0.717) is 12.3 Å². The summed E-state index contributed by atoms with van der Waals surface area (Å²) in [5, 5.41) is 2.86. The largest absolute Gasteiger partial charge is 0.343 e. The highest BCUT2D eigenvalue weighted by Crippen LogP contribution is 2.37. The van der Waals surface area contributed by atoms with Gasteiger partial charge in [0.2, 0.25) is 11.8 Å². The van der Waals surface area contributed by atoms with Crippen LogP contribution in [0, 0.1) is 11.8 Å². The van der Waals surface area contributed by atoms with E-state index in [1.807, 2.05) is 25.7 Å². The van der Waals surface area contributed by atoms with Gasteiger partial charge in [-0.05, 0) is 38.0 Å². The Labute approximate surface area is 109 Å². The van der Waals surface area contributed by atoms with E-state index in [-0.39, 0.29) is 35.9 Å². The van der Waals surface area contributed by atoms with Gasteiger partial charge in [0.1, 0.15) is 12.1 Å². The topological polar surface area (TPSA) is 49.4 Å². The highest BCUT2D eigenvalue weighted by molar-refractivity contribution is 5.97. The van der Waals surface area contributed by atoms with Gasteiger partial charge in [0.05, 0.1) is 0 Å². The number of carbonyl (C=O) groups excluding carboxylic acids is 2. The number of carbonyl (C=O) groups is 2. The molecule has 1 N–H and O–H groups in total. The molecule has 2 rings (SSSR count). The predicted molar refractivity (Wildman–Crippen MR) is 69.9 cm³/mol. The van der Waals surface area contributed by atoms with Crippen molar-refractivity contribution in [3.05, 3.63) is 0 Å². The quantitative estimate of drug-likeness (QED) is 0.825. The zero-order valence-corrected chi connectivity index (χ0v) is 11.8. The van der Waals surface area contributed by atoms with Gasteiger partial charge in [0.15, 0.2) is 0 Å². The van der Waals surface area contributed by atoms with Crippen LogP contribution in [0.15, 0.2) is 0 Å². The molecule has 4 heteroatoms. The monoisotopic (exact) mass is 252 g/mol. The Morgan fingerprint density at radius 3 is 2.33 bits per heavy atom. The zero-order valence-electron chi connectivity index (χ0n) is 11.8. The standard InChI is InChI=1S/C14H24N2O2/c1-5-11-14(18)16(9(4)10-6-7-10)12(8(2)3)13(17)15-11/h8-12H,5-7H2,1-4H3,(H,15,17). The van der Waals surface area contributed by atoms with Gasteiger partial charge in [-0.3, -0.25) is 9.59 Å². The summed E-state index contributed by atoms with van der Waals surface area (Å²) >= 11 is 0. The molecule has 2 fully saturated rings. The molecule has 3 unspecified atom stereocenters. The van der Waals surface area contributed by atoms with E-state index in [1.165, 1.54) is 12.8 Å². The molecule has 4 nitrogen and oxygen atoms in total. The molecule has 1 aliphatic heterocycles. The smallest absolute Gasteiger partial charge is 0.246 e. The maximum Gasteiger partial charge on any atom is 0.246 e. The minimum Gasteiger partial charge on any atom is -0.343 e. The number of hydrogen-bond acceptors (Lipinski definition) is 2. The van der Waals surface area contributed by atoms with Gasteiger partial charge in [-0.1, -0.05) is 20.8 Å². The first kappa shape index (κ1) is 13.4. The lowest BCUT2D eigenvalue weighted by atomic mass is 9.93. The first-order valence-electron chi connectivity index (χ1n) is 7.09. The molecule has 2 aliphatic rings. The molecule has 0 spiro atoms. The van der Waals surface area contributed by atoms with Crippen molar-refractivity contribution in [2.45, 2.75) is 65.1 Å². The van der Waals surface area contributed by atoms with Crippen LogP contribution in [-0.4, -0.2) is 34.8 Å². The number of nitrogens with zero attached hydrogens (tertiary/aromatic N) is 1. The molecule has 0 aromatic rings.